The van der Waals surface area contributed by atoms with Crippen LogP contribution in [0, 0.1) is 11.6 Å². The summed E-state index contributed by atoms with van der Waals surface area (Å²) in [5, 5.41) is 10.0. The van der Waals surface area contributed by atoms with E-state index in [0.717, 1.165) is 22.5 Å². The van der Waals surface area contributed by atoms with Gasteiger partial charge in [0.25, 0.3) is 0 Å². The van der Waals surface area contributed by atoms with Crippen LogP contribution in [0.4, 0.5) is 13.2 Å². The molecule has 2 N–H and O–H groups in total. The number of carboxylic acids is 1. The monoisotopic (exact) mass is 484 g/mol. The SMILES string of the molecule is CC(C)c1c(/C=C/C(=O)O)cc(F)c([C@@H]2c3[nH]c4ccccc4c3C[C@@H](C)N2CC(C)(C)F)c1F. The minimum absolute atomic E-state index is 0.00972. The maximum absolute atomic E-state index is 16.3. The van der Waals surface area contributed by atoms with Gasteiger partial charge in [0, 0.05) is 40.8 Å². The number of rotatable bonds is 6. The highest BCUT2D eigenvalue weighted by molar-refractivity contribution is 5.86. The van der Waals surface area contributed by atoms with Crippen molar-refractivity contribution in [3.63, 3.8) is 0 Å². The quantitative estimate of drug-likeness (QED) is 0.381. The number of benzene rings is 2. The molecule has 1 aliphatic heterocycles. The Morgan fingerprint density at radius 3 is 2.60 bits per heavy atom. The van der Waals surface area contributed by atoms with Gasteiger partial charge in [0.05, 0.1) is 6.04 Å². The Labute approximate surface area is 203 Å². The van der Waals surface area contributed by atoms with E-state index in [4.69, 9.17) is 5.11 Å². The van der Waals surface area contributed by atoms with Crippen LogP contribution >= 0.6 is 0 Å². The summed E-state index contributed by atoms with van der Waals surface area (Å²) < 4.78 is 47.0. The Balaban J connectivity index is 2.01. The summed E-state index contributed by atoms with van der Waals surface area (Å²) >= 11 is 0. The van der Waals surface area contributed by atoms with Crippen molar-refractivity contribution >= 4 is 22.9 Å². The Bertz CT molecular complexity index is 1300. The highest BCUT2D eigenvalue weighted by Crippen LogP contribution is 2.44. The number of H-pyrrole nitrogens is 1. The minimum Gasteiger partial charge on any atom is -0.478 e. The third-order valence-electron chi connectivity index (χ3n) is 6.66. The van der Waals surface area contributed by atoms with Crippen molar-refractivity contribution in [1.82, 2.24) is 9.88 Å². The lowest BCUT2D eigenvalue weighted by atomic mass is 9.84. The summed E-state index contributed by atoms with van der Waals surface area (Å²) in [5.74, 6) is -3.06. The minimum atomic E-state index is -1.59. The molecule has 1 aromatic heterocycles. The number of halogens is 3. The molecule has 7 heteroatoms. The normalized spacial score (nSPS) is 19.1. The van der Waals surface area contributed by atoms with Gasteiger partial charge in [0.1, 0.15) is 17.3 Å². The number of nitrogens with zero attached hydrogens (tertiary/aromatic N) is 1. The third-order valence-corrected chi connectivity index (χ3v) is 6.66. The van der Waals surface area contributed by atoms with Crippen LogP contribution in [0.2, 0.25) is 0 Å². The molecule has 0 amide bonds. The number of aliphatic carboxylic acids is 1. The Hall–Kier alpha value is -3.06. The van der Waals surface area contributed by atoms with Crippen molar-refractivity contribution in [2.75, 3.05) is 6.54 Å². The molecule has 3 aromatic rings. The van der Waals surface area contributed by atoms with Crippen molar-refractivity contribution in [3.8, 4) is 0 Å². The van der Waals surface area contributed by atoms with Gasteiger partial charge in [-0.3, -0.25) is 4.90 Å². The average molecular weight is 485 g/mol. The van der Waals surface area contributed by atoms with Crippen molar-refractivity contribution in [2.45, 2.75) is 64.7 Å². The molecule has 0 aliphatic carbocycles. The molecule has 0 radical (unpaired) electrons. The predicted octanol–water partition coefficient (Wildman–Crippen LogP) is 6.75. The van der Waals surface area contributed by atoms with Gasteiger partial charge in [-0.05, 0) is 68.0 Å². The third kappa shape index (κ3) is 4.74. The molecule has 2 atom stereocenters. The van der Waals surface area contributed by atoms with Crippen LogP contribution in [0.3, 0.4) is 0 Å². The van der Waals surface area contributed by atoms with E-state index in [1.165, 1.54) is 26.0 Å². The second-order valence-corrected chi connectivity index (χ2v) is 10.3. The van der Waals surface area contributed by atoms with Gasteiger partial charge in [-0.2, -0.15) is 0 Å². The van der Waals surface area contributed by atoms with Crippen LogP contribution in [0.5, 0.6) is 0 Å². The fourth-order valence-electron chi connectivity index (χ4n) is 5.30. The molecule has 4 nitrogen and oxygen atoms in total. The number of nitrogens with one attached hydrogen (secondary N) is 1. The van der Waals surface area contributed by atoms with Crippen molar-refractivity contribution in [2.24, 2.45) is 0 Å². The van der Waals surface area contributed by atoms with Crippen molar-refractivity contribution in [1.29, 1.82) is 0 Å². The van der Waals surface area contributed by atoms with E-state index in [0.29, 0.717) is 12.1 Å². The molecule has 0 saturated carbocycles. The van der Waals surface area contributed by atoms with E-state index in [1.54, 1.807) is 13.8 Å². The van der Waals surface area contributed by atoms with Gasteiger partial charge in [0.2, 0.25) is 0 Å². The molecule has 0 bridgehead atoms. The summed E-state index contributed by atoms with van der Waals surface area (Å²) in [6, 6.07) is 7.87. The first kappa shape index (κ1) is 25.0. The van der Waals surface area contributed by atoms with Gasteiger partial charge >= 0.3 is 5.97 Å². The lowest BCUT2D eigenvalue weighted by Gasteiger charge is -2.43. The van der Waals surface area contributed by atoms with Gasteiger partial charge in [-0.15, -0.1) is 0 Å². The zero-order chi connectivity index (χ0) is 25.7. The number of hydrogen-bond donors (Lipinski definition) is 2. The second-order valence-electron chi connectivity index (χ2n) is 10.3. The van der Waals surface area contributed by atoms with E-state index >= 15 is 8.78 Å². The van der Waals surface area contributed by atoms with E-state index < -0.39 is 29.3 Å². The zero-order valence-corrected chi connectivity index (χ0v) is 20.6. The summed E-state index contributed by atoms with van der Waals surface area (Å²) in [4.78, 5) is 16.3. The molecule has 0 spiro atoms. The van der Waals surface area contributed by atoms with Gasteiger partial charge < -0.3 is 10.1 Å². The summed E-state index contributed by atoms with van der Waals surface area (Å²) in [6.45, 7) is 8.42. The van der Waals surface area contributed by atoms with Crippen molar-refractivity contribution in [3.05, 3.63) is 76.0 Å². The highest BCUT2D eigenvalue weighted by Gasteiger charge is 2.41. The number of aromatic amines is 1. The van der Waals surface area contributed by atoms with E-state index in [2.05, 4.69) is 4.98 Å². The molecular weight excluding hydrogens is 453 g/mol. The summed E-state index contributed by atoms with van der Waals surface area (Å²) in [7, 11) is 0. The van der Waals surface area contributed by atoms with Crippen LogP contribution in [-0.2, 0) is 11.2 Å². The smallest absolute Gasteiger partial charge is 0.328 e. The van der Waals surface area contributed by atoms with Crippen LogP contribution in [0.25, 0.3) is 17.0 Å². The number of carboxylic acid groups (broad SMARTS) is 1. The first-order chi connectivity index (χ1) is 16.4. The second kappa shape index (κ2) is 9.19. The molecule has 35 heavy (non-hydrogen) atoms. The molecule has 0 saturated heterocycles. The lowest BCUT2D eigenvalue weighted by Crippen LogP contribution is -2.48. The summed E-state index contributed by atoms with van der Waals surface area (Å²) in [5.41, 5.74) is 1.18. The topological polar surface area (TPSA) is 56.3 Å². The predicted molar refractivity (Wildman–Crippen MR) is 132 cm³/mol. The number of hydrogen-bond acceptors (Lipinski definition) is 2. The van der Waals surface area contributed by atoms with Crippen LogP contribution < -0.4 is 0 Å². The molecule has 4 rings (SSSR count). The molecule has 0 unspecified atom stereocenters. The first-order valence-electron chi connectivity index (χ1n) is 11.9. The molecule has 2 aromatic carbocycles. The molecule has 186 valence electrons. The maximum Gasteiger partial charge on any atom is 0.328 e. The number of alkyl halides is 1. The Morgan fingerprint density at radius 1 is 1.29 bits per heavy atom. The summed E-state index contributed by atoms with van der Waals surface area (Å²) in [6.07, 6.45) is 2.70. The highest BCUT2D eigenvalue weighted by atomic mass is 19.1. The Kier molecular flexibility index (Phi) is 6.58. The van der Waals surface area contributed by atoms with Gasteiger partial charge in [-0.25, -0.2) is 18.0 Å². The number of aromatic nitrogens is 1. The molecule has 1 aliphatic rings. The fourth-order valence-corrected chi connectivity index (χ4v) is 5.30. The van der Waals surface area contributed by atoms with E-state index in [9.17, 15) is 9.18 Å². The number of carbonyl (C=O) groups is 1. The molecule has 2 heterocycles. The number of para-hydroxylation sites is 1. The average Bonchev–Trinajstić information content (AvgIpc) is 3.10. The van der Waals surface area contributed by atoms with Crippen molar-refractivity contribution < 1.29 is 23.1 Å². The number of fused-ring (bicyclic) bond motifs is 3. The lowest BCUT2D eigenvalue weighted by molar-refractivity contribution is -0.131. The largest absolute Gasteiger partial charge is 0.478 e. The van der Waals surface area contributed by atoms with E-state index in [-0.39, 0.29) is 35.2 Å². The van der Waals surface area contributed by atoms with Crippen LogP contribution in [-0.4, -0.2) is 39.2 Å². The van der Waals surface area contributed by atoms with Crippen LogP contribution in [0.15, 0.2) is 36.4 Å². The standard InChI is InChI=1S/C28H31F3N2O2/c1-15(2)23-17(10-11-22(34)35)13-20(29)24(25(23)30)27-26-19(18-8-6-7-9-21(18)32-26)12-16(3)33(27)14-28(4,5)31/h6-11,13,15-16,27,32H,12,14H2,1-5H3,(H,34,35)/b11-10+/t16-,27-/m1/s1. The Morgan fingerprint density at radius 2 is 1.97 bits per heavy atom. The first-order valence-corrected chi connectivity index (χ1v) is 11.9. The zero-order valence-electron chi connectivity index (χ0n) is 20.6. The van der Waals surface area contributed by atoms with Crippen LogP contribution in [0.1, 0.15) is 74.5 Å². The van der Waals surface area contributed by atoms with E-state index in [1.807, 2.05) is 36.1 Å². The van der Waals surface area contributed by atoms with Gasteiger partial charge in [0.15, 0.2) is 0 Å². The maximum atomic E-state index is 16.3. The molecular formula is C28H31F3N2O2. The molecule has 0 fully saturated rings. The van der Waals surface area contributed by atoms with Gasteiger partial charge in [-0.1, -0.05) is 32.0 Å². The fraction of sp³-hybridized carbons (Fsp3) is 0.393.